The van der Waals surface area contributed by atoms with Gasteiger partial charge in [0.05, 0.1) is 24.9 Å². The largest absolute Gasteiger partial charge is 0.497 e. The molecular formula is C55H56O5. The minimum Gasteiger partial charge on any atom is -0.497 e. The van der Waals surface area contributed by atoms with Gasteiger partial charge in [0, 0.05) is 27.6 Å². The first kappa shape index (κ1) is 39.8. The fourth-order valence-corrected chi connectivity index (χ4v) is 9.91. The molecule has 3 aliphatic rings. The molecule has 306 valence electrons. The van der Waals surface area contributed by atoms with Crippen molar-refractivity contribution in [2.75, 3.05) is 7.11 Å². The van der Waals surface area contributed by atoms with Gasteiger partial charge < -0.3 is 18.9 Å². The van der Waals surface area contributed by atoms with Gasteiger partial charge in [-0.2, -0.15) is 0 Å². The van der Waals surface area contributed by atoms with E-state index in [1.807, 2.05) is 48.5 Å². The Bertz CT molecular complexity index is 2520. The SMILES string of the molecule is CCCCCC1CCC(c2ccc(OC(=O)c3ccc(-c4ccc5c6c(c7c(c5c4)COC7(C)C)C=CC(c4ccc(C)cc4)(c4ccc(OC)cc4)O6)cc3)cc2)CC1. The van der Waals surface area contributed by atoms with E-state index in [0.29, 0.717) is 23.8 Å². The van der Waals surface area contributed by atoms with Crippen molar-refractivity contribution in [1.29, 1.82) is 0 Å². The smallest absolute Gasteiger partial charge is 0.343 e. The van der Waals surface area contributed by atoms with Crippen molar-refractivity contribution in [2.45, 2.75) is 103 Å². The van der Waals surface area contributed by atoms with Gasteiger partial charge in [-0.25, -0.2) is 4.79 Å². The molecule has 1 aliphatic carbocycles. The molecule has 1 fully saturated rings. The number of methoxy groups -OCH3 is 1. The number of carbonyl (C=O) groups is 1. The summed E-state index contributed by atoms with van der Waals surface area (Å²) in [6, 6.07) is 39.2. The summed E-state index contributed by atoms with van der Waals surface area (Å²) in [5.74, 6) is 3.34. The second-order valence-electron chi connectivity index (χ2n) is 17.7. The fraction of sp³-hybridized carbons (Fsp3) is 0.327. The molecule has 0 saturated heterocycles. The van der Waals surface area contributed by atoms with E-state index in [9.17, 15) is 4.79 Å². The third-order valence-corrected chi connectivity index (χ3v) is 13.4. The van der Waals surface area contributed by atoms with Gasteiger partial charge in [0.2, 0.25) is 0 Å². The van der Waals surface area contributed by atoms with Crippen LogP contribution in [0.5, 0.6) is 17.2 Å². The zero-order valence-electron chi connectivity index (χ0n) is 35.7. The minimum atomic E-state index is -0.865. The maximum Gasteiger partial charge on any atom is 0.343 e. The predicted octanol–water partition coefficient (Wildman–Crippen LogP) is 14.0. The van der Waals surface area contributed by atoms with Gasteiger partial charge in [-0.3, -0.25) is 0 Å². The van der Waals surface area contributed by atoms with E-state index in [1.165, 1.54) is 68.1 Å². The molecule has 0 amide bonds. The summed E-state index contributed by atoms with van der Waals surface area (Å²) in [6.07, 6.45) is 15.0. The average Bonchev–Trinajstić information content (AvgIpc) is 3.61. The number of hydrogen-bond donors (Lipinski definition) is 0. The first-order chi connectivity index (χ1) is 29.2. The number of carbonyl (C=O) groups excluding carboxylic acids is 1. The minimum absolute atomic E-state index is 0.358. The molecule has 0 N–H and O–H groups in total. The van der Waals surface area contributed by atoms with Crippen molar-refractivity contribution in [3.8, 4) is 28.4 Å². The Morgan fingerprint density at radius 3 is 2.10 bits per heavy atom. The summed E-state index contributed by atoms with van der Waals surface area (Å²) in [5, 5.41) is 2.13. The van der Waals surface area contributed by atoms with Crippen molar-refractivity contribution in [2.24, 2.45) is 5.92 Å². The number of unbranched alkanes of at least 4 members (excludes halogenated alkanes) is 2. The molecule has 2 heterocycles. The lowest BCUT2D eigenvalue weighted by Crippen LogP contribution is -2.35. The molecule has 0 bridgehead atoms. The molecule has 5 nitrogen and oxygen atoms in total. The molecule has 9 rings (SSSR count). The average molecular weight is 797 g/mol. The van der Waals surface area contributed by atoms with Gasteiger partial charge in [0.1, 0.15) is 17.2 Å². The summed E-state index contributed by atoms with van der Waals surface area (Å²) >= 11 is 0. The maximum atomic E-state index is 13.3. The highest BCUT2D eigenvalue weighted by atomic mass is 16.5. The lowest BCUT2D eigenvalue weighted by molar-refractivity contribution is -0.00802. The number of ether oxygens (including phenoxy) is 4. The molecule has 2 aliphatic heterocycles. The van der Waals surface area contributed by atoms with Crippen molar-refractivity contribution >= 4 is 22.8 Å². The molecular weight excluding hydrogens is 741 g/mol. The molecule has 1 unspecified atom stereocenters. The van der Waals surface area contributed by atoms with Crippen molar-refractivity contribution in [3.63, 3.8) is 0 Å². The summed E-state index contributed by atoms with van der Waals surface area (Å²) in [5.41, 5.74) is 9.19. The van der Waals surface area contributed by atoms with Crippen LogP contribution in [0.2, 0.25) is 0 Å². The van der Waals surface area contributed by atoms with E-state index in [4.69, 9.17) is 18.9 Å². The Morgan fingerprint density at radius 2 is 1.42 bits per heavy atom. The molecule has 6 aromatic carbocycles. The van der Waals surface area contributed by atoms with E-state index in [-0.39, 0.29) is 5.97 Å². The Labute approximate surface area is 355 Å². The highest BCUT2D eigenvalue weighted by molar-refractivity contribution is 6.00. The van der Waals surface area contributed by atoms with Crippen LogP contribution in [0.3, 0.4) is 0 Å². The van der Waals surface area contributed by atoms with Gasteiger partial charge in [-0.05, 0) is 134 Å². The van der Waals surface area contributed by atoms with Crippen LogP contribution in [-0.4, -0.2) is 13.1 Å². The highest BCUT2D eigenvalue weighted by Gasteiger charge is 2.43. The molecule has 6 aromatic rings. The summed E-state index contributed by atoms with van der Waals surface area (Å²) < 4.78 is 25.3. The van der Waals surface area contributed by atoms with Gasteiger partial charge in [0.25, 0.3) is 0 Å². The van der Waals surface area contributed by atoms with Crippen LogP contribution in [0.15, 0.2) is 121 Å². The van der Waals surface area contributed by atoms with Gasteiger partial charge >= 0.3 is 5.97 Å². The van der Waals surface area contributed by atoms with Crippen LogP contribution in [0.25, 0.3) is 28.0 Å². The van der Waals surface area contributed by atoms with Crippen molar-refractivity contribution in [1.82, 2.24) is 0 Å². The highest BCUT2D eigenvalue weighted by Crippen LogP contribution is 2.53. The Hall–Kier alpha value is -5.65. The normalized spacial score (nSPS) is 20.3. The molecule has 1 saturated carbocycles. The maximum absolute atomic E-state index is 13.3. The number of fused-ring (bicyclic) bond motifs is 6. The van der Waals surface area contributed by atoms with Crippen LogP contribution in [-0.2, 0) is 22.5 Å². The summed E-state index contributed by atoms with van der Waals surface area (Å²) in [4.78, 5) is 13.3. The van der Waals surface area contributed by atoms with Crippen LogP contribution in [0.1, 0.15) is 127 Å². The van der Waals surface area contributed by atoms with Gasteiger partial charge in [-0.15, -0.1) is 0 Å². The van der Waals surface area contributed by atoms with Gasteiger partial charge in [0.15, 0.2) is 5.60 Å². The zero-order chi connectivity index (χ0) is 41.4. The number of benzene rings is 6. The van der Waals surface area contributed by atoms with Crippen LogP contribution in [0.4, 0.5) is 0 Å². The van der Waals surface area contributed by atoms with Crippen LogP contribution in [0, 0.1) is 12.8 Å². The summed E-state index contributed by atoms with van der Waals surface area (Å²) in [7, 11) is 1.69. The Balaban J connectivity index is 0.976. The lowest BCUT2D eigenvalue weighted by atomic mass is 9.77. The molecule has 0 spiro atoms. The molecule has 5 heteroatoms. The number of aryl methyl sites for hydroxylation is 1. The van der Waals surface area contributed by atoms with E-state index in [0.717, 1.165) is 61.6 Å². The topological polar surface area (TPSA) is 54.0 Å². The molecule has 60 heavy (non-hydrogen) atoms. The van der Waals surface area contributed by atoms with E-state index < -0.39 is 11.2 Å². The fourth-order valence-electron chi connectivity index (χ4n) is 9.91. The number of esters is 1. The lowest BCUT2D eigenvalue weighted by Gasteiger charge is -2.38. The van der Waals surface area contributed by atoms with E-state index >= 15 is 0 Å². The zero-order valence-corrected chi connectivity index (χ0v) is 35.7. The van der Waals surface area contributed by atoms with Crippen LogP contribution >= 0.6 is 0 Å². The molecule has 1 atom stereocenters. The monoisotopic (exact) mass is 796 g/mol. The third-order valence-electron chi connectivity index (χ3n) is 13.4. The van der Waals surface area contributed by atoms with E-state index in [2.05, 4.69) is 107 Å². The van der Waals surface area contributed by atoms with Crippen LogP contribution < -0.4 is 14.2 Å². The van der Waals surface area contributed by atoms with Crippen molar-refractivity contribution in [3.05, 3.63) is 166 Å². The first-order valence-corrected chi connectivity index (χ1v) is 22.0. The number of hydrogen-bond acceptors (Lipinski definition) is 5. The molecule has 0 aromatic heterocycles. The molecule has 0 radical (unpaired) electrons. The second-order valence-corrected chi connectivity index (χ2v) is 17.7. The first-order valence-electron chi connectivity index (χ1n) is 22.0. The van der Waals surface area contributed by atoms with Crippen molar-refractivity contribution < 1.29 is 23.7 Å². The predicted molar refractivity (Wildman–Crippen MR) is 242 cm³/mol. The van der Waals surface area contributed by atoms with E-state index in [1.54, 1.807) is 7.11 Å². The second kappa shape index (κ2) is 16.4. The Morgan fingerprint density at radius 1 is 0.750 bits per heavy atom. The van der Waals surface area contributed by atoms with Gasteiger partial charge in [-0.1, -0.05) is 117 Å². The third kappa shape index (κ3) is 7.53. The number of rotatable bonds is 11. The summed E-state index contributed by atoms with van der Waals surface area (Å²) in [6.45, 7) is 9.17. The Kier molecular flexibility index (Phi) is 10.9. The standard InChI is InChI=1S/C55H56O5/c1-6-7-8-9-37-12-14-38(15-13-37)39-20-27-46(28-21-39)59-53(56)41-18-16-40(17-19-41)42-22-31-47-49(34-42)50-35-58-54(3,4)51(50)48-32-33-55(60-52(47)48,43-23-10-36(2)11-24-43)44-25-29-45(57-5)30-26-44/h10-11,16-34,37-38H,6-9,12-15,35H2,1-5H3. The quantitative estimate of drug-likeness (QED) is 0.0742.